The molecule has 0 fully saturated rings. The molecule has 0 aliphatic rings. The highest BCUT2D eigenvalue weighted by Crippen LogP contribution is 2.32. The second kappa shape index (κ2) is 6.53. The molecule has 110 valence electrons. The van der Waals surface area contributed by atoms with Crippen LogP contribution in [0.5, 0.6) is 5.75 Å². The van der Waals surface area contributed by atoms with Crippen LogP contribution in [-0.2, 0) is 6.54 Å². The van der Waals surface area contributed by atoms with Gasteiger partial charge in [-0.15, -0.1) is 0 Å². The SMILES string of the molecule is COc1cc(NCc2cccc(Br)c2)c(F)cc1[N+](=O)[O-]. The zero-order chi connectivity index (χ0) is 15.4. The number of ether oxygens (including phenoxy) is 1. The predicted molar refractivity (Wildman–Crippen MR) is 81.1 cm³/mol. The fraction of sp³-hybridized carbons (Fsp3) is 0.143. The smallest absolute Gasteiger partial charge is 0.313 e. The van der Waals surface area contributed by atoms with Crippen LogP contribution in [0.4, 0.5) is 15.8 Å². The van der Waals surface area contributed by atoms with E-state index in [1.165, 1.54) is 13.2 Å². The summed E-state index contributed by atoms with van der Waals surface area (Å²) in [5.41, 5.74) is 0.696. The van der Waals surface area contributed by atoms with E-state index in [-0.39, 0.29) is 11.4 Å². The maximum Gasteiger partial charge on any atom is 0.313 e. The van der Waals surface area contributed by atoms with Crippen LogP contribution < -0.4 is 10.1 Å². The number of hydrogen-bond acceptors (Lipinski definition) is 4. The van der Waals surface area contributed by atoms with Gasteiger partial charge in [0.2, 0.25) is 0 Å². The molecule has 0 bridgehead atoms. The van der Waals surface area contributed by atoms with Crippen molar-refractivity contribution in [3.05, 3.63) is 62.4 Å². The molecule has 0 atom stereocenters. The van der Waals surface area contributed by atoms with E-state index in [0.717, 1.165) is 16.1 Å². The molecule has 0 spiro atoms. The second-order valence-electron chi connectivity index (χ2n) is 4.24. The fourth-order valence-electron chi connectivity index (χ4n) is 1.83. The van der Waals surface area contributed by atoms with Crippen LogP contribution in [0, 0.1) is 15.9 Å². The van der Waals surface area contributed by atoms with Crippen molar-refractivity contribution in [2.75, 3.05) is 12.4 Å². The molecule has 0 aliphatic heterocycles. The predicted octanol–water partition coefficient (Wildman–Crippen LogP) is 4.12. The summed E-state index contributed by atoms with van der Waals surface area (Å²) < 4.78 is 19.7. The van der Waals surface area contributed by atoms with E-state index in [1.54, 1.807) is 0 Å². The minimum absolute atomic E-state index is 0.0122. The molecule has 0 aliphatic carbocycles. The molecule has 0 radical (unpaired) electrons. The molecular weight excluding hydrogens is 343 g/mol. The largest absolute Gasteiger partial charge is 0.490 e. The molecular formula is C14H12BrFN2O3. The zero-order valence-corrected chi connectivity index (χ0v) is 12.7. The summed E-state index contributed by atoms with van der Waals surface area (Å²) in [4.78, 5) is 10.1. The Hall–Kier alpha value is -2.15. The average Bonchev–Trinajstić information content (AvgIpc) is 2.45. The third kappa shape index (κ3) is 3.69. The number of nitrogens with zero attached hydrogens (tertiary/aromatic N) is 1. The monoisotopic (exact) mass is 354 g/mol. The molecule has 2 rings (SSSR count). The number of methoxy groups -OCH3 is 1. The van der Waals surface area contributed by atoms with Crippen molar-refractivity contribution < 1.29 is 14.1 Å². The van der Waals surface area contributed by atoms with Gasteiger partial charge in [-0.05, 0) is 17.7 Å². The number of nitro benzene ring substituents is 1. The lowest BCUT2D eigenvalue weighted by atomic mass is 10.2. The summed E-state index contributed by atoms with van der Waals surface area (Å²) in [6.07, 6.45) is 0. The van der Waals surface area contributed by atoms with Gasteiger partial charge in [-0.1, -0.05) is 28.1 Å². The lowest BCUT2D eigenvalue weighted by Gasteiger charge is -2.10. The number of benzene rings is 2. The van der Waals surface area contributed by atoms with Crippen molar-refractivity contribution in [2.45, 2.75) is 6.54 Å². The van der Waals surface area contributed by atoms with Gasteiger partial charge in [-0.3, -0.25) is 10.1 Å². The third-order valence-corrected chi connectivity index (χ3v) is 3.33. The summed E-state index contributed by atoms with van der Waals surface area (Å²) in [7, 11) is 1.30. The van der Waals surface area contributed by atoms with Crippen LogP contribution >= 0.6 is 15.9 Å². The van der Waals surface area contributed by atoms with Crippen molar-refractivity contribution >= 4 is 27.3 Å². The molecule has 2 aromatic rings. The Morgan fingerprint density at radius 3 is 2.76 bits per heavy atom. The maximum atomic E-state index is 13.9. The van der Waals surface area contributed by atoms with Crippen molar-refractivity contribution in [2.24, 2.45) is 0 Å². The number of anilines is 1. The van der Waals surface area contributed by atoms with E-state index >= 15 is 0 Å². The van der Waals surface area contributed by atoms with Gasteiger partial charge in [-0.2, -0.15) is 0 Å². The Morgan fingerprint density at radius 1 is 1.38 bits per heavy atom. The lowest BCUT2D eigenvalue weighted by molar-refractivity contribution is -0.385. The minimum atomic E-state index is -0.697. The molecule has 2 aromatic carbocycles. The Kier molecular flexibility index (Phi) is 4.74. The Labute approximate surface area is 129 Å². The van der Waals surface area contributed by atoms with Gasteiger partial charge >= 0.3 is 5.69 Å². The summed E-state index contributed by atoms with van der Waals surface area (Å²) >= 11 is 3.35. The molecule has 1 N–H and O–H groups in total. The summed E-state index contributed by atoms with van der Waals surface area (Å²) in [6.45, 7) is 0.386. The molecule has 0 unspecified atom stereocenters. The average molecular weight is 355 g/mol. The van der Waals surface area contributed by atoms with Gasteiger partial charge in [0, 0.05) is 17.1 Å². The summed E-state index contributed by atoms with van der Waals surface area (Å²) in [5.74, 6) is -0.685. The van der Waals surface area contributed by atoms with Crippen LogP contribution in [0.3, 0.4) is 0 Å². The molecule has 0 amide bonds. The van der Waals surface area contributed by atoms with E-state index in [2.05, 4.69) is 21.2 Å². The normalized spacial score (nSPS) is 10.2. The highest BCUT2D eigenvalue weighted by Gasteiger charge is 2.19. The van der Waals surface area contributed by atoms with Gasteiger partial charge in [0.1, 0.15) is 0 Å². The van der Waals surface area contributed by atoms with Crippen LogP contribution in [0.1, 0.15) is 5.56 Å². The third-order valence-electron chi connectivity index (χ3n) is 2.84. The van der Waals surface area contributed by atoms with Crippen LogP contribution in [0.15, 0.2) is 40.9 Å². The number of rotatable bonds is 5. The molecule has 7 heteroatoms. The van der Waals surface area contributed by atoms with Crippen LogP contribution in [0.2, 0.25) is 0 Å². The molecule has 0 saturated heterocycles. The van der Waals surface area contributed by atoms with Gasteiger partial charge in [0.05, 0.1) is 23.8 Å². The van der Waals surface area contributed by atoms with E-state index in [0.29, 0.717) is 6.54 Å². The minimum Gasteiger partial charge on any atom is -0.490 e. The number of nitro groups is 1. The van der Waals surface area contributed by atoms with E-state index < -0.39 is 16.4 Å². The standard InChI is InChI=1S/C14H12BrFN2O3/c1-21-14-7-12(11(16)6-13(14)18(19)20)17-8-9-3-2-4-10(15)5-9/h2-7,17H,8H2,1H3. The van der Waals surface area contributed by atoms with Crippen LogP contribution in [-0.4, -0.2) is 12.0 Å². The first-order valence-corrected chi connectivity index (χ1v) is 6.81. The molecule has 0 saturated carbocycles. The topological polar surface area (TPSA) is 64.4 Å². The van der Waals surface area contributed by atoms with Gasteiger partial charge in [0.25, 0.3) is 0 Å². The lowest BCUT2D eigenvalue weighted by Crippen LogP contribution is -2.03. The number of nitrogens with one attached hydrogen (secondary N) is 1. The Bertz CT molecular complexity index is 679. The van der Waals surface area contributed by atoms with E-state index in [9.17, 15) is 14.5 Å². The van der Waals surface area contributed by atoms with Crippen molar-refractivity contribution in [3.63, 3.8) is 0 Å². The number of halogens is 2. The van der Waals surface area contributed by atoms with E-state index in [4.69, 9.17) is 4.74 Å². The zero-order valence-electron chi connectivity index (χ0n) is 11.1. The van der Waals surface area contributed by atoms with Gasteiger partial charge in [-0.25, -0.2) is 4.39 Å². The first-order valence-electron chi connectivity index (χ1n) is 6.01. The molecule has 21 heavy (non-hydrogen) atoms. The Balaban J connectivity index is 2.22. The second-order valence-corrected chi connectivity index (χ2v) is 5.16. The molecule has 0 heterocycles. The van der Waals surface area contributed by atoms with Gasteiger partial charge in [0.15, 0.2) is 11.6 Å². The van der Waals surface area contributed by atoms with Gasteiger partial charge < -0.3 is 10.1 Å². The van der Waals surface area contributed by atoms with E-state index in [1.807, 2.05) is 24.3 Å². The highest BCUT2D eigenvalue weighted by molar-refractivity contribution is 9.10. The first kappa shape index (κ1) is 15.2. The summed E-state index contributed by atoms with van der Waals surface area (Å²) in [5, 5.41) is 13.7. The number of hydrogen-bond donors (Lipinski definition) is 1. The maximum absolute atomic E-state index is 13.9. The van der Waals surface area contributed by atoms with Crippen molar-refractivity contribution in [1.82, 2.24) is 0 Å². The summed E-state index contributed by atoms with van der Waals surface area (Å²) in [6, 6.07) is 9.67. The quantitative estimate of drug-likeness (QED) is 0.647. The highest BCUT2D eigenvalue weighted by atomic mass is 79.9. The fourth-order valence-corrected chi connectivity index (χ4v) is 2.28. The molecule has 0 aromatic heterocycles. The van der Waals surface area contributed by atoms with Crippen molar-refractivity contribution in [3.8, 4) is 5.75 Å². The Morgan fingerprint density at radius 2 is 2.14 bits per heavy atom. The first-order chi connectivity index (χ1) is 10.0. The van der Waals surface area contributed by atoms with Crippen molar-refractivity contribution in [1.29, 1.82) is 0 Å². The van der Waals surface area contributed by atoms with Crippen LogP contribution in [0.25, 0.3) is 0 Å². The molecule has 5 nitrogen and oxygen atoms in total.